The van der Waals surface area contributed by atoms with Crippen LogP contribution in [0, 0.1) is 0 Å². The topological polar surface area (TPSA) is 46.5 Å². The van der Waals surface area contributed by atoms with Gasteiger partial charge in [0.15, 0.2) is 0 Å². The lowest BCUT2D eigenvalue weighted by atomic mass is 10.3. The molecule has 0 spiro atoms. The Labute approximate surface area is 91.6 Å². The number of nitrogens with one attached hydrogen (secondary N) is 1. The third-order valence-electron chi connectivity index (χ3n) is 1.76. The number of fused-ring (bicyclic) bond motifs is 1. The van der Waals surface area contributed by atoms with E-state index >= 15 is 0 Å². The Morgan fingerprint density at radius 1 is 0.933 bits per heavy atom. The molecule has 5 heteroatoms. The monoisotopic (exact) mass is 220 g/mol. The van der Waals surface area contributed by atoms with Crippen LogP contribution in [0.25, 0.3) is 11.0 Å². The van der Waals surface area contributed by atoms with Gasteiger partial charge in [0.1, 0.15) is 11.0 Å². The van der Waals surface area contributed by atoms with Crippen molar-refractivity contribution in [1.82, 2.24) is 19.5 Å². The third-order valence-corrected chi connectivity index (χ3v) is 1.91. The Morgan fingerprint density at radius 3 is 1.87 bits per heavy atom. The fraction of sp³-hybridized carbons (Fsp3) is 0. The van der Waals surface area contributed by atoms with E-state index in [1.165, 1.54) is 0 Å². The average molecular weight is 221 g/mol. The molecule has 0 aliphatic carbocycles. The number of benzene rings is 1. The first kappa shape index (κ1) is 9.73. The molecular formula is C10H9ClN4. The summed E-state index contributed by atoms with van der Waals surface area (Å²) in [4.78, 5) is 2.86. The Hall–Kier alpha value is -1.81. The Kier molecular flexibility index (Phi) is 2.99. The fourth-order valence-electron chi connectivity index (χ4n) is 1.11. The lowest BCUT2D eigenvalue weighted by molar-refractivity contribution is 0.865. The molecular weight excluding hydrogens is 212 g/mol. The number of nitrogens with zero attached hydrogens (tertiary/aromatic N) is 3. The Balaban J connectivity index is 0.000000144. The van der Waals surface area contributed by atoms with Crippen molar-refractivity contribution in [2.24, 2.45) is 0 Å². The van der Waals surface area contributed by atoms with Crippen molar-refractivity contribution in [2.75, 3.05) is 0 Å². The summed E-state index contributed by atoms with van der Waals surface area (Å²) in [5, 5.41) is 7.77. The van der Waals surface area contributed by atoms with Gasteiger partial charge >= 0.3 is 0 Å². The quantitative estimate of drug-likeness (QED) is 0.633. The van der Waals surface area contributed by atoms with Crippen molar-refractivity contribution < 1.29 is 0 Å². The zero-order valence-electron chi connectivity index (χ0n) is 7.84. The molecule has 0 bridgehead atoms. The molecule has 0 radical (unpaired) electrons. The Bertz CT molecular complexity index is 465. The van der Waals surface area contributed by atoms with Crippen LogP contribution >= 0.6 is 11.8 Å². The van der Waals surface area contributed by atoms with E-state index in [4.69, 9.17) is 11.8 Å². The first-order valence-electron chi connectivity index (χ1n) is 4.42. The van der Waals surface area contributed by atoms with Crippen molar-refractivity contribution in [2.45, 2.75) is 0 Å². The van der Waals surface area contributed by atoms with Crippen LogP contribution in [0.5, 0.6) is 0 Å². The molecule has 1 N–H and O–H groups in total. The normalized spacial score (nSPS) is 9.67. The summed E-state index contributed by atoms with van der Waals surface area (Å²) < 4.78 is 1.05. The predicted molar refractivity (Wildman–Crippen MR) is 59.6 cm³/mol. The lowest BCUT2D eigenvalue weighted by Crippen LogP contribution is -1.81. The van der Waals surface area contributed by atoms with E-state index < -0.39 is 0 Å². The molecule has 76 valence electrons. The molecule has 0 unspecified atom stereocenters. The van der Waals surface area contributed by atoms with Gasteiger partial charge in [0.05, 0.1) is 11.8 Å². The highest BCUT2D eigenvalue weighted by atomic mass is 35.5. The third kappa shape index (κ3) is 2.57. The van der Waals surface area contributed by atoms with Crippen LogP contribution in [0.4, 0.5) is 0 Å². The lowest BCUT2D eigenvalue weighted by Gasteiger charge is -1.77. The number of halogens is 1. The number of hydrogen-bond acceptors (Lipinski definition) is 2. The van der Waals surface area contributed by atoms with Gasteiger partial charge in [0, 0.05) is 12.4 Å². The van der Waals surface area contributed by atoms with Crippen molar-refractivity contribution in [3.8, 4) is 0 Å². The smallest absolute Gasteiger partial charge is 0.114 e. The minimum atomic E-state index is 0.817. The number of aromatic nitrogens is 4. The second-order valence-electron chi connectivity index (χ2n) is 2.81. The molecule has 0 saturated heterocycles. The molecule has 0 aliphatic heterocycles. The highest BCUT2D eigenvalue weighted by molar-refractivity contribution is 6.14. The number of rotatable bonds is 0. The maximum absolute atomic E-state index is 5.48. The molecule has 2 heterocycles. The molecule has 0 atom stereocenters. The van der Waals surface area contributed by atoms with Gasteiger partial charge in [-0.05, 0) is 24.3 Å². The number of hydrogen-bond donors (Lipinski definition) is 1. The SMILES string of the molecule is Cln1nc2ccccc2n1.c1cc[nH]c1. The van der Waals surface area contributed by atoms with Crippen LogP contribution < -0.4 is 0 Å². The molecule has 3 aromatic rings. The second kappa shape index (κ2) is 4.61. The molecule has 0 saturated carbocycles. The molecule has 0 amide bonds. The summed E-state index contributed by atoms with van der Waals surface area (Å²) in [7, 11) is 0. The van der Waals surface area contributed by atoms with Crippen LogP contribution in [0.1, 0.15) is 0 Å². The van der Waals surface area contributed by atoms with Gasteiger partial charge in [-0.25, -0.2) is 0 Å². The van der Waals surface area contributed by atoms with Gasteiger partial charge in [-0.3, -0.25) is 0 Å². The summed E-state index contributed by atoms with van der Waals surface area (Å²) in [5.41, 5.74) is 1.63. The van der Waals surface area contributed by atoms with E-state index in [1.807, 2.05) is 48.8 Å². The molecule has 0 aliphatic rings. The maximum Gasteiger partial charge on any atom is 0.114 e. The van der Waals surface area contributed by atoms with Gasteiger partial charge in [-0.15, -0.1) is 10.2 Å². The summed E-state index contributed by atoms with van der Waals surface area (Å²) in [6.07, 6.45) is 3.75. The van der Waals surface area contributed by atoms with Crippen LogP contribution in [0.15, 0.2) is 48.8 Å². The van der Waals surface area contributed by atoms with E-state index in [0.29, 0.717) is 0 Å². The summed E-state index contributed by atoms with van der Waals surface area (Å²) in [6.45, 7) is 0. The standard InChI is InChI=1S/C6H4ClN3.C4H5N/c7-10-8-5-3-1-2-4-6(5)9-10;1-2-4-5-3-1/h1-4H;1-5H. The molecule has 15 heavy (non-hydrogen) atoms. The molecule has 3 rings (SSSR count). The first-order chi connectivity index (χ1) is 7.36. The van der Waals surface area contributed by atoms with Crippen LogP contribution in [-0.2, 0) is 0 Å². The minimum Gasteiger partial charge on any atom is -0.368 e. The maximum atomic E-state index is 5.48. The van der Waals surface area contributed by atoms with Crippen molar-refractivity contribution in [3.63, 3.8) is 0 Å². The highest BCUT2D eigenvalue weighted by Gasteiger charge is 1.96. The zero-order chi connectivity index (χ0) is 10.5. The summed E-state index contributed by atoms with van der Waals surface area (Å²) in [5.74, 6) is 0. The van der Waals surface area contributed by atoms with E-state index in [2.05, 4.69) is 15.2 Å². The average Bonchev–Trinajstić information content (AvgIpc) is 2.87. The van der Waals surface area contributed by atoms with Crippen molar-refractivity contribution in [3.05, 3.63) is 48.8 Å². The first-order valence-corrected chi connectivity index (χ1v) is 4.76. The van der Waals surface area contributed by atoms with Crippen LogP contribution in [-0.4, -0.2) is 19.5 Å². The number of aromatic amines is 1. The number of H-pyrrole nitrogens is 1. The van der Waals surface area contributed by atoms with E-state index in [1.54, 1.807) is 0 Å². The summed E-state index contributed by atoms with van der Waals surface area (Å²) >= 11 is 5.48. The minimum absolute atomic E-state index is 0.817. The predicted octanol–water partition coefficient (Wildman–Crippen LogP) is 2.45. The van der Waals surface area contributed by atoms with Crippen LogP contribution in [0.2, 0.25) is 0 Å². The largest absolute Gasteiger partial charge is 0.368 e. The Morgan fingerprint density at radius 2 is 1.47 bits per heavy atom. The zero-order valence-corrected chi connectivity index (χ0v) is 8.59. The van der Waals surface area contributed by atoms with Gasteiger partial charge in [0.25, 0.3) is 0 Å². The van der Waals surface area contributed by atoms with Crippen molar-refractivity contribution >= 4 is 22.8 Å². The van der Waals surface area contributed by atoms with Gasteiger partial charge in [0.2, 0.25) is 0 Å². The second-order valence-corrected chi connectivity index (χ2v) is 3.12. The molecule has 4 nitrogen and oxygen atoms in total. The fourth-order valence-corrected chi connectivity index (χ4v) is 1.27. The molecule has 2 aromatic heterocycles. The van der Waals surface area contributed by atoms with E-state index in [9.17, 15) is 0 Å². The highest BCUT2D eigenvalue weighted by Crippen LogP contribution is 2.06. The van der Waals surface area contributed by atoms with Crippen molar-refractivity contribution in [1.29, 1.82) is 0 Å². The van der Waals surface area contributed by atoms with E-state index in [-0.39, 0.29) is 0 Å². The van der Waals surface area contributed by atoms with Crippen LogP contribution in [0.3, 0.4) is 0 Å². The summed E-state index contributed by atoms with van der Waals surface area (Å²) in [6, 6.07) is 11.4. The van der Waals surface area contributed by atoms with Gasteiger partial charge < -0.3 is 4.98 Å². The molecule has 0 fully saturated rings. The molecule has 1 aromatic carbocycles. The van der Waals surface area contributed by atoms with E-state index in [0.717, 1.165) is 15.3 Å². The van der Waals surface area contributed by atoms with Gasteiger partial charge in [-0.2, -0.15) is 0 Å². The van der Waals surface area contributed by atoms with Gasteiger partial charge in [-0.1, -0.05) is 16.4 Å².